The number of rotatable bonds is 4. The van der Waals surface area contributed by atoms with Gasteiger partial charge in [0, 0.05) is 35.4 Å². The molecule has 0 spiro atoms. The Bertz CT molecular complexity index is 532. The summed E-state index contributed by atoms with van der Waals surface area (Å²) in [7, 11) is 0. The van der Waals surface area contributed by atoms with Gasteiger partial charge in [0.05, 0.1) is 5.69 Å². The number of thiazole rings is 1. The largest absolute Gasteiger partial charge is 0.310 e. The van der Waals surface area contributed by atoms with Crippen LogP contribution in [0.1, 0.15) is 30.0 Å². The van der Waals surface area contributed by atoms with E-state index in [1.165, 1.54) is 16.0 Å². The minimum Gasteiger partial charge on any atom is -0.310 e. The lowest BCUT2D eigenvalue weighted by molar-refractivity contribution is 0.591. The molecule has 0 radical (unpaired) electrons. The molecule has 96 valence electrons. The van der Waals surface area contributed by atoms with Crippen LogP contribution in [0.3, 0.4) is 0 Å². The maximum absolute atomic E-state index is 4.67. The fourth-order valence-corrected chi connectivity index (χ4v) is 2.82. The monoisotopic (exact) mass is 261 g/mol. The van der Waals surface area contributed by atoms with Crippen molar-refractivity contribution >= 4 is 11.3 Å². The van der Waals surface area contributed by atoms with Crippen LogP contribution in [0, 0.1) is 13.8 Å². The van der Waals surface area contributed by atoms with Gasteiger partial charge in [-0.2, -0.15) is 0 Å². The molecule has 2 aromatic heterocycles. The Morgan fingerprint density at radius 2 is 2.11 bits per heavy atom. The van der Waals surface area contributed by atoms with Crippen LogP contribution in [0.5, 0.6) is 0 Å². The molecule has 0 aliphatic heterocycles. The lowest BCUT2D eigenvalue weighted by Crippen LogP contribution is -2.21. The highest BCUT2D eigenvalue weighted by Crippen LogP contribution is 2.29. The van der Waals surface area contributed by atoms with Gasteiger partial charge in [-0.15, -0.1) is 11.3 Å². The van der Waals surface area contributed by atoms with Gasteiger partial charge in [0.15, 0.2) is 0 Å². The molecule has 0 amide bonds. The molecule has 0 saturated heterocycles. The Labute approximate surface area is 112 Å². The van der Waals surface area contributed by atoms with Crippen molar-refractivity contribution in [3.05, 3.63) is 34.6 Å². The molecule has 0 unspecified atom stereocenters. The van der Waals surface area contributed by atoms with E-state index in [0.29, 0.717) is 6.04 Å². The molecule has 0 fully saturated rings. The van der Waals surface area contributed by atoms with Gasteiger partial charge in [-0.3, -0.25) is 4.98 Å². The average molecular weight is 261 g/mol. The Morgan fingerprint density at radius 1 is 1.33 bits per heavy atom. The molecule has 4 heteroatoms. The normalized spacial score (nSPS) is 11.2. The van der Waals surface area contributed by atoms with E-state index < -0.39 is 0 Å². The van der Waals surface area contributed by atoms with E-state index in [1.807, 2.05) is 18.5 Å². The molecule has 2 aromatic rings. The molecule has 0 saturated carbocycles. The summed E-state index contributed by atoms with van der Waals surface area (Å²) in [4.78, 5) is 10.1. The van der Waals surface area contributed by atoms with E-state index >= 15 is 0 Å². The summed E-state index contributed by atoms with van der Waals surface area (Å²) in [5.41, 5.74) is 3.49. The third kappa shape index (κ3) is 2.94. The van der Waals surface area contributed by atoms with Crippen molar-refractivity contribution < 1.29 is 0 Å². The summed E-state index contributed by atoms with van der Waals surface area (Å²) < 4.78 is 0. The molecule has 0 aliphatic carbocycles. The zero-order valence-electron chi connectivity index (χ0n) is 11.3. The number of pyridine rings is 1. The van der Waals surface area contributed by atoms with Gasteiger partial charge in [-0.05, 0) is 25.5 Å². The third-order valence-electron chi connectivity index (χ3n) is 2.81. The Balaban J connectivity index is 2.26. The molecule has 0 aromatic carbocycles. The predicted molar refractivity (Wildman–Crippen MR) is 76.8 cm³/mol. The van der Waals surface area contributed by atoms with E-state index in [4.69, 9.17) is 0 Å². The topological polar surface area (TPSA) is 37.8 Å². The van der Waals surface area contributed by atoms with E-state index in [-0.39, 0.29) is 0 Å². The number of aromatic nitrogens is 2. The minimum atomic E-state index is 0.498. The first-order valence-electron chi connectivity index (χ1n) is 6.18. The van der Waals surface area contributed by atoms with Crippen LogP contribution >= 0.6 is 11.3 Å². The Morgan fingerprint density at radius 3 is 2.78 bits per heavy atom. The van der Waals surface area contributed by atoms with Gasteiger partial charge in [-0.1, -0.05) is 13.8 Å². The van der Waals surface area contributed by atoms with Gasteiger partial charge >= 0.3 is 0 Å². The van der Waals surface area contributed by atoms with Crippen molar-refractivity contribution in [2.75, 3.05) is 0 Å². The maximum Gasteiger partial charge on any atom is 0.124 e. The molecule has 2 heterocycles. The quantitative estimate of drug-likeness (QED) is 0.917. The molecule has 1 N–H and O–H groups in total. The van der Waals surface area contributed by atoms with Gasteiger partial charge in [0.2, 0.25) is 0 Å². The van der Waals surface area contributed by atoms with E-state index in [0.717, 1.165) is 17.2 Å². The molecule has 18 heavy (non-hydrogen) atoms. The highest BCUT2D eigenvalue weighted by atomic mass is 32.1. The number of nitrogens with zero attached hydrogens (tertiary/aromatic N) is 2. The van der Waals surface area contributed by atoms with Crippen LogP contribution < -0.4 is 5.32 Å². The molecule has 0 atom stereocenters. The fourth-order valence-electron chi connectivity index (χ4n) is 1.72. The lowest BCUT2D eigenvalue weighted by atomic mass is 10.2. The minimum absolute atomic E-state index is 0.498. The summed E-state index contributed by atoms with van der Waals surface area (Å²) in [5.74, 6) is 0. The molecule has 3 nitrogen and oxygen atoms in total. The first kappa shape index (κ1) is 13.2. The summed E-state index contributed by atoms with van der Waals surface area (Å²) in [6.07, 6.45) is 3.71. The summed E-state index contributed by atoms with van der Waals surface area (Å²) in [6.45, 7) is 9.36. The van der Waals surface area contributed by atoms with Gasteiger partial charge in [-0.25, -0.2) is 4.98 Å². The molecular formula is C14H19N3S. The zero-order chi connectivity index (χ0) is 13.1. The van der Waals surface area contributed by atoms with Crippen LogP contribution in [0.2, 0.25) is 0 Å². The summed E-state index contributed by atoms with van der Waals surface area (Å²) in [6, 6.07) is 2.53. The fraction of sp³-hybridized carbons (Fsp3) is 0.429. The highest BCUT2D eigenvalue weighted by molar-refractivity contribution is 7.15. The number of nitrogens with one attached hydrogen (secondary N) is 1. The van der Waals surface area contributed by atoms with Crippen molar-refractivity contribution in [1.82, 2.24) is 15.3 Å². The van der Waals surface area contributed by atoms with Crippen molar-refractivity contribution in [2.45, 2.75) is 40.3 Å². The standard InChI is InChI=1S/C14H19N3S/c1-9(2)16-8-13-11(4)17-14(18-13)12-5-6-15-7-10(12)3/h5-7,9,16H,8H2,1-4H3. The van der Waals surface area contributed by atoms with E-state index in [2.05, 4.69) is 43.0 Å². The predicted octanol–water partition coefficient (Wildman–Crippen LogP) is 3.32. The maximum atomic E-state index is 4.67. The second kappa shape index (κ2) is 5.59. The summed E-state index contributed by atoms with van der Waals surface area (Å²) in [5, 5.41) is 4.53. The van der Waals surface area contributed by atoms with E-state index in [1.54, 1.807) is 11.3 Å². The van der Waals surface area contributed by atoms with Crippen LogP contribution in [0.4, 0.5) is 0 Å². The van der Waals surface area contributed by atoms with Gasteiger partial charge in [0.1, 0.15) is 5.01 Å². The highest BCUT2D eigenvalue weighted by Gasteiger charge is 2.11. The van der Waals surface area contributed by atoms with Crippen molar-refractivity contribution in [3.63, 3.8) is 0 Å². The number of aryl methyl sites for hydroxylation is 2. The molecular weight excluding hydrogens is 242 g/mol. The van der Waals surface area contributed by atoms with Gasteiger partial charge in [0.25, 0.3) is 0 Å². The SMILES string of the molecule is Cc1cnccc1-c1nc(C)c(CNC(C)C)s1. The smallest absolute Gasteiger partial charge is 0.124 e. The number of hydrogen-bond donors (Lipinski definition) is 1. The van der Waals surface area contributed by atoms with Crippen LogP contribution in [-0.4, -0.2) is 16.0 Å². The molecule has 0 aliphatic rings. The first-order valence-corrected chi connectivity index (χ1v) is 7.00. The van der Waals surface area contributed by atoms with Crippen LogP contribution in [0.15, 0.2) is 18.5 Å². The molecule has 0 bridgehead atoms. The van der Waals surface area contributed by atoms with Crippen LogP contribution in [0.25, 0.3) is 10.6 Å². The van der Waals surface area contributed by atoms with Crippen molar-refractivity contribution in [3.8, 4) is 10.6 Å². The Hall–Kier alpha value is -1.26. The van der Waals surface area contributed by atoms with Crippen molar-refractivity contribution in [1.29, 1.82) is 0 Å². The lowest BCUT2D eigenvalue weighted by Gasteiger charge is -2.05. The van der Waals surface area contributed by atoms with Crippen LogP contribution in [-0.2, 0) is 6.54 Å². The Kier molecular flexibility index (Phi) is 4.09. The van der Waals surface area contributed by atoms with E-state index in [9.17, 15) is 0 Å². The van der Waals surface area contributed by atoms with Gasteiger partial charge < -0.3 is 5.32 Å². The van der Waals surface area contributed by atoms with Crippen molar-refractivity contribution in [2.24, 2.45) is 0 Å². The second-order valence-electron chi connectivity index (χ2n) is 4.75. The third-order valence-corrected chi connectivity index (χ3v) is 4.00. The second-order valence-corrected chi connectivity index (χ2v) is 5.84. The summed E-state index contributed by atoms with van der Waals surface area (Å²) >= 11 is 1.77. The average Bonchev–Trinajstić information content (AvgIpc) is 2.68. The number of hydrogen-bond acceptors (Lipinski definition) is 4. The first-order chi connectivity index (χ1) is 8.58. The molecule has 2 rings (SSSR count). The zero-order valence-corrected chi connectivity index (χ0v) is 12.1.